The van der Waals surface area contributed by atoms with Crippen LogP contribution in [0, 0.1) is 0 Å². The Morgan fingerprint density at radius 1 is 0.612 bits per heavy atom. The molecule has 7 aromatic carbocycles. The van der Waals surface area contributed by atoms with Gasteiger partial charge in [0.05, 0.1) is 11.0 Å². The standard InChI is InChI=1S/C46H34NOP/c1-46(2)41-25-11-9-22-35(41)38-27-30-15-13-24-37-43(30)40(44(38)46)29-39-36-23-10-12-26-42(36)47(45(37)39)31-16-14-21-34(28-31)49(48,32-17-5-3-6-18-32)33-19-7-4-8-20-33/h3-23,25-29H,24H2,1-2H3. The number of hydrogen-bond acceptors (Lipinski definition) is 1. The number of nitrogens with zero attached hydrogens (tertiary/aromatic N) is 1. The van der Waals surface area contributed by atoms with Crippen LogP contribution in [0.15, 0.2) is 152 Å². The number of allylic oxidation sites excluding steroid dienone is 1. The van der Waals surface area contributed by atoms with Crippen LogP contribution in [0.25, 0.3) is 55.5 Å². The van der Waals surface area contributed by atoms with Crippen LogP contribution in [0.5, 0.6) is 0 Å². The van der Waals surface area contributed by atoms with Gasteiger partial charge < -0.3 is 9.13 Å². The molecule has 2 aliphatic carbocycles. The maximum absolute atomic E-state index is 15.5. The molecule has 0 unspecified atom stereocenters. The molecular weight excluding hydrogens is 613 g/mol. The van der Waals surface area contributed by atoms with Gasteiger partial charge in [-0.05, 0) is 80.9 Å². The number of hydrogen-bond donors (Lipinski definition) is 0. The molecule has 2 nitrogen and oxygen atoms in total. The Morgan fingerprint density at radius 2 is 1.29 bits per heavy atom. The lowest BCUT2D eigenvalue weighted by Crippen LogP contribution is -2.25. The van der Waals surface area contributed by atoms with E-state index in [1.54, 1.807) is 0 Å². The fourth-order valence-electron chi connectivity index (χ4n) is 8.91. The smallest absolute Gasteiger partial charge is 0.171 e. The number of para-hydroxylation sites is 1. The summed E-state index contributed by atoms with van der Waals surface area (Å²) >= 11 is 0. The first-order valence-electron chi connectivity index (χ1n) is 17.1. The van der Waals surface area contributed by atoms with Crippen molar-refractivity contribution in [3.63, 3.8) is 0 Å². The van der Waals surface area contributed by atoms with Gasteiger partial charge in [0.15, 0.2) is 7.14 Å². The lowest BCUT2D eigenvalue weighted by Gasteiger charge is -2.26. The minimum atomic E-state index is -3.16. The van der Waals surface area contributed by atoms with Crippen LogP contribution in [0.2, 0.25) is 0 Å². The second-order valence-electron chi connectivity index (χ2n) is 14.0. The average Bonchev–Trinajstić information content (AvgIpc) is 3.61. The summed E-state index contributed by atoms with van der Waals surface area (Å²) in [5, 5.41) is 7.73. The minimum absolute atomic E-state index is 0.112. The Balaban J connectivity index is 1.29. The summed E-state index contributed by atoms with van der Waals surface area (Å²) in [5.41, 5.74) is 11.5. The average molecular weight is 648 g/mol. The van der Waals surface area contributed by atoms with E-state index in [1.165, 1.54) is 60.4 Å². The lowest BCUT2D eigenvalue weighted by atomic mass is 9.78. The molecule has 0 saturated heterocycles. The van der Waals surface area contributed by atoms with Gasteiger partial charge in [0.1, 0.15) is 0 Å². The molecule has 2 aliphatic rings. The minimum Gasteiger partial charge on any atom is -0.309 e. The van der Waals surface area contributed by atoms with Crippen LogP contribution >= 0.6 is 7.14 Å². The Bertz CT molecular complexity index is 2690. The van der Waals surface area contributed by atoms with Crippen molar-refractivity contribution in [2.45, 2.75) is 25.7 Å². The topological polar surface area (TPSA) is 22.0 Å². The third-order valence-electron chi connectivity index (χ3n) is 11.0. The maximum atomic E-state index is 15.5. The normalized spacial score (nSPS) is 14.4. The second-order valence-corrected chi connectivity index (χ2v) is 16.8. The molecule has 1 heterocycles. The zero-order valence-corrected chi connectivity index (χ0v) is 28.4. The first-order chi connectivity index (χ1) is 24.0. The predicted molar refractivity (Wildman–Crippen MR) is 208 cm³/mol. The molecule has 0 N–H and O–H groups in total. The molecule has 0 spiro atoms. The summed E-state index contributed by atoms with van der Waals surface area (Å²) in [7, 11) is -3.16. The highest BCUT2D eigenvalue weighted by Crippen LogP contribution is 2.54. The van der Waals surface area contributed by atoms with Gasteiger partial charge in [0, 0.05) is 37.8 Å². The Labute approximate surface area is 286 Å². The van der Waals surface area contributed by atoms with Crippen LogP contribution in [-0.4, -0.2) is 4.57 Å². The summed E-state index contributed by atoms with van der Waals surface area (Å²) in [6.07, 6.45) is 5.50. The fourth-order valence-corrected chi connectivity index (χ4v) is 11.6. The van der Waals surface area contributed by atoms with E-state index < -0.39 is 7.14 Å². The van der Waals surface area contributed by atoms with Gasteiger partial charge in [0.25, 0.3) is 0 Å². The van der Waals surface area contributed by atoms with Crippen LogP contribution in [0.1, 0.15) is 36.1 Å². The molecule has 234 valence electrons. The quantitative estimate of drug-likeness (QED) is 0.174. The summed E-state index contributed by atoms with van der Waals surface area (Å²) in [6.45, 7) is 4.77. The van der Waals surface area contributed by atoms with E-state index in [2.05, 4.69) is 109 Å². The molecule has 0 aliphatic heterocycles. The zero-order valence-electron chi connectivity index (χ0n) is 27.5. The van der Waals surface area contributed by atoms with Crippen molar-refractivity contribution in [3.8, 4) is 16.8 Å². The molecule has 10 rings (SSSR count). The number of rotatable bonds is 4. The molecule has 0 amide bonds. The summed E-state index contributed by atoms with van der Waals surface area (Å²) in [6, 6.07) is 51.0. The van der Waals surface area contributed by atoms with Crippen LogP contribution in [0.4, 0.5) is 0 Å². The van der Waals surface area contributed by atoms with Crippen LogP contribution in [-0.2, 0) is 16.4 Å². The van der Waals surface area contributed by atoms with Gasteiger partial charge in [0.2, 0.25) is 0 Å². The molecular formula is C46H34NOP. The number of aromatic nitrogens is 1. The van der Waals surface area contributed by atoms with Crippen molar-refractivity contribution >= 4 is 61.7 Å². The first-order valence-corrected chi connectivity index (χ1v) is 18.8. The van der Waals surface area contributed by atoms with Gasteiger partial charge in [-0.2, -0.15) is 0 Å². The van der Waals surface area contributed by atoms with Crippen molar-refractivity contribution < 1.29 is 4.57 Å². The molecule has 0 bridgehead atoms. The Hall–Kier alpha value is -5.43. The van der Waals surface area contributed by atoms with Crippen molar-refractivity contribution in [2.75, 3.05) is 0 Å². The monoisotopic (exact) mass is 647 g/mol. The summed E-state index contributed by atoms with van der Waals surface area (Å²) in [5.74, 6) is 0. The SMILES string of the molecule is CC1(C)c2ccccc2-c2cc3c4c(c5c(cc4c21)c1ccccc1n5-c1cccc(P(=O)(c2ccccc2)c2ccccc2)c1)CC=C3. The van der Waals surface area contributed by atoms with Crippen molar-refractivity contribution in [2.24, 2.45) is 0 Å². The van der Waals surface area contributed by atoms with E-state index in [0.29, 0.717) is 0 Å². The third kappa shape index (κ3) is 3.87. The molecule has 8 aromatic rings. The second kappa shape index (κ2) is 10.3. The molecule has 3 heteroatoms. The number of benzene rings is 7. The van der Waals surface area contributed by atoms with Gasteiger partial charge in [-0.25, -0.2) is 0 Å². The fraction of sp³-hybridized carbons (Fsp3) is 0.0870. The zero-order chi connectivity index (χ0) is 32.9. The highest BCUT2D eigenvalue weighted by Gasteiger charge is 2.38. The molecule has 0 radical (unpaired) electrons. The summed E-state index contributed by atoms with van der Waals surface area (Å²) < 4.78 is 17.9. The van der Waals surface area contributed by atoms with Crippen molar-refractivity contribution in [3.05, 3.63) is 174 Å². The van der Waals surface area contributed by atoms with Gasteiger partial charge in [-0.1, -0.05) is 141 Å². The van der Waals surface area contributed by atoms with E-state index in [-0.39, 0.29) is 5.41 Å². The van der Waals surface area contributed by atoms with Crippen LogP contribution in [0.3, 0.4) is 0 Å². The van der Waals surface area contributed by atoms with Crippen LogP contribution < -0.4 is 15.9 Å². The highest BCUT2D eigenvalue weighted by molar-refractivity contribution is 7.85. The predicted octanol–water partition coefficient (Wildman–Crippen LogP) is 10.5. The Kier molecular flexibility index (Phi) is 6.00. The molecule has 0 fully saturated rings. The van der Waals surface area contributed by atoms with E-state index in [4.69, 9.17) is 0 Å². The lowest BCUT2D eigenvalue weighted by molar-refractivity contribution is 0.592. The van der Waals surface area contributed by atoms with E-state index in [0.717, 1.165) is 33.5 Å². The van der Waals surface area contributed by atoms with Gasteiger partial charge >= 0.3 is 0 Å². The third-order valence-corrected chi connectivity index (χ3v) is 14.1. The van der Waals surface area contributed by atoms with Gasteiger partial charge in [-0.3, -0.25) is 0 Å². The highest BCUT2D eigenvalue weighted by atomic mass is 31.2. The van der Waals surface area contributed by atoms with Gasteiger partial charge in [-0.15, -0.1) is 0 Å². The molecule has 1 aromatic heterocycles. The summed E-state index contributed by atoms with van der Waals surface area (Å²) in [4.78, 5) is 0. The van der Waals surface area contributed by atoms with E-state index >= 15 is 4.57 Å². The molecule has 0 atom stereocenters. The molecule has 49 heavy (non-hydrogen) atoms. The van der Waals surface area contributed by atoms with E-state index in [9.17, 15) is 0 Å². The first kappa shape index (κ1) is 28.6. The molecule has 0 saturated carbocycles. The Morgan fingerprint density at radius 3 is 2.06 bits per heavy atom. The van der Waals surface area contributed by atoms with Crippen molar-refractivity contribution in [1.82, 2.24) is 4.57 Å². The van der Waals surface area contributed by atoms with Crippen molar-refractivity contribution in [1.29, 1.82) is 0 Å². The number of fused-ring (bicyclic) bond motifs is 8. The largest absolute Gasteiger partial charge is 0.309 e. The van der Waals surface area contributed by atoms with E-state index in [1.807, 2.05) is 66.7 Å². The maximum Gasteiger partial charge on any atom is 0.171 e.